The van der Waals surface area contributed by atoms with Crippen molar-refractivity contribution in [1.29, 1.82) is 0 Å². The highest BCUT2D eigenvalue weighted by Crippen LogP contribution is 2.21. The molecule has 0 saturated carbocycles. The largest absolute Gasteiger partial charge is 0.341 e. The number of hydrogen-bond acceptors (Lipinski definition) is 5. The van der Waals surface area contributed by atoms with Gasteiger partial charge in [-0.3, -0.25) is 14.9 Å². The average Bonchev–Trinajstić information content (AvgIpc) is 3.39. The minimum Gasteiger partial charge on any atom is -0.341 e. The summed E-state index contributed by atoms with van der Waals surface area (Å²) in [7, 11) is 0. The normalized spacial score (nSPS) is 12.2. The summed E-state index contributed by atoms with van der Waals surface area (Å²) < 4.78 is 0. The molecule has 0 aliphatic heterocycles. The lowest BCUT2D eigenvalue weighted by Crippen LogP contribution is -2.30. The Morgan fingerprint density at radius 1 is 1.18 bits per heavy atom. The maximum Gasteiger partial charge on any atom is 0.269 e. The van der Waals surface area contributed by atoms with Crippen molar-refractivity contribution in [2.24, 2.45) is 0 Å². The molecular formula is C20H20N6OS. The van der Waals surface area contributed by atoms with Crippen molar-refractivity contribution in [3.05, 3.63) is 66.2 Å². The van der Waals surface area contributed by atoms with E-state index in [9.17, 15) is 4.79 Å². The van der Waals surface area contributed by atoms with Gasteiger partial charge in [0.05, 0.1) is 22.8 Å². The number of fused-ring (bicyclic) bond motifs is 1. The summed E-state index contributed by atoms with van der Waals surface area (Å²) in [4.78, 5) is 25.0. The van der Waals surface area contributed by atoms with Crippen LogP contribution in [0.1, 0.15) is 28.8 Å². The number of para-hydroxylation sites is 2. The van der Waals surface area contributed by atoms with E-state index in [0.29, 0.717) is 17.1 Å². The number of pyridine rings is 1. The fourth-order valence-corrected chi connectivity index (χ4v) is 3.44. The lowest BCUT2D eigenvalue weighted by atomic mass is 10.2. The lowest BCUT2D eigenvalue weighted by molar-refractivity contribution is 0.0929. The number of hydrogen-bond donors (Lipinski definition) is 3. The molecule has 8 heteroatoms. The minimum atomic E-state index is -0.221. The molecule has 0 aliphatic carbocycles. The number of aromatic amines is 2. The van der Waals surface area contributed by atoms with E-state index in [0.717, 1.165) is 29.0 Å². The molecule has 0 spiro atoms. The number of H-pyrrole nitrogens is 2. The third-order valence-corrected chi connectivity index (χ3v) is 5.05. The second-order valence-electron chi connectivity index (χ2n) is 6.33. The summed E-state index contributed by atoms with van der Waals surface area (Å²) >= 11 is 1.73. The number of carbonyl (C=O) groups is 1. The molecule has 0 radical (unpaired) electrons. The zero-order chi connectivity index (χ0) is 19.3. The molecule has 3 N–H and O–H groups in total. The molecule has 4 aromatic rings. The number of nitrogens with zero attached hydrogens (tertiary/aromatic N) is 3. The van der Waals surface area contributed by atoms with Crippen molar-refractivity contribution >= 4 is 28.7 Å². The molecule has 1 aromatic carbocycles. The van der Waals surface area contributed by atoms with E-state index in [2.05, 4.69) is 30.5 Å². The molecule has 28 heavy (non-hydrogen) atoms. The minimum absolute atomic E-state index is 0.214. The number of aromatic nitrogens is 5. The molecule has 0 bridgehead atoms. The van der Waals surface area contributed by atoms with Crippen LogP contribution in [0, 0.1) is 0 Å². The Balaban J connectivity index is 1.55. The molecule has 0 fully saturated rings. The van der Waals surface area contributed by atoms with Gasteiger partial charge in [0.1, 0.15) is 17.2 Å². The summed E-state index contributed by atoms with van der Waals surface area (Å²) in [5, 5.41) is 10.1. The first kappa shape index (κ1) is 18.2. The van der Waals surface area contributed by atoms with Gasteiger partial charge in [-0.05, 0) is 48.8 Å². The van der Waals surface area contributed by atoms with Crippen LogP contribution in [0.25, 0.3) is 22.4 Å². The van der Waals surface area contributed by atoms with Crippen LogP contribution in [-0.2, 0) is 0 Å². The van der Waals surface area contributed by atoms with E-state index < -0.39 is 0 Å². The van der Waals surface area contributed by atoms with Gasteiger partial charge in [-0.2, -0.15) is 16.9 Å². The summed E-state index contributed by atoms with van der Waals surface area (Å²) in [5.41, 5.74) is 3.59. The monoisotopic (exact) mass is 392 g/mol. The molecule has 3 aromatic heterocycles. The highest BCUT2D eigenvalue weighted by Gasteiger charge is 2.20. The van der Waals surface area contributed by atoms with Crippen LogP contribution in [-0.4, -0.2) is 43.1 Å². The van der Waals surface area contributed by atoms with E-state index in [1.165, 1.54) is 0 Å². The van der Waals surface area contributed by atoms with Gasteiger partial charge < -0.3 is 10.3 Å². The maximum absolute atomic E-state index is 12.8. The third kappa shape index (κ3) is 3.91. The Bertz CT molecular complexity index is 1040. The summed E-state index contributed by atoms with van der Waals surface area (Å²) in [5.74, 6) is 1.44. The molecule has 0 aliphatic rings. The molecule has 0 saturated heterocycles. The number of benzene rings is 1. The number of amides is 1. The van der Waals surface area contributed by atoms with Gasteiger partial charge >= 0.3 is 0 Å². The number of carbonyl (C=O) groups excluding carboxylic acids is 1. The van der Waals surface area contributed by atoms with Crippen molar-refractivity contribution in [2.75, 3.05) is 12.0 Å². The number of rotatable bonds is 7. The van der Waals surface area contributed by atoms with Crippen molar-refractivity contribution in [1.82, 2.24) is 30.5 Å². The smallest absolute Gasteiger partial charge is 0.269 e. The highest BCUT2D eigenvalue weighted by atomic mass is 32.2. The van der Waals surface area contributed by atoms with Crippen molar-refractivity contribution in [2.45, 2.75) is 12.5 Å². The second-order valence-corrected chi connectivity index (χ2v) is 7.31. The first-order valence-electron chi connectivity index (χ1n) is 8.96. The summed E-state index contributed by atoms with van der Waals surface area (Å²) in [6.45, 7) is 0. The standard InChI is InChI=1S/C20H20N6OS/c1-28-11-9-16(19-22-14-7-2-3-8-15(14)23-19)24-20(27)18-12-17(25-26-18)13-6-4-5-10-21-13/h2-8,10,12,16H,9,11H2,1H3,(H,22,23)(H,24,27)(H,25,26)/t16-/m1/s1. The first-order valence-corrected chi connectivity index (χ1v) is 10.4. The van der Waals surface area contributed by atoms with Crippen LogP contribution in [0.5, 0.6) is 0 Å². The van der Waals surface area contributed by atoms with Gasteiger partial charge in [-0.15, -0.1) is 0 Å². The third-order valence-electron chi connectivity index (χ3n) is 4.40. The van der Waals surface area contributed by atoms with Crippen LogP contribution < -0.4 is 5.32 Å². The Hall–Kier alpha value is -3.13. The predicted molar refractivity (Wildman–Crippen MR) is 111 cm³/mol. The topological polar surface area (TPSA) is 99.3 Å². The van der Waals surface area contributed by atoms with Crippen LogP contribution in [0.15, 0.2) is 54.7 Å². The van der Waals surface area contributed by atoms with Gasteiger partial charge in [-0.1, -0.05) is 18.2 Å². The zero-order valence-electron chi connectivity index (χ0n) is 15.3. The van der Waals surface area contributed by atoms with E-state index in [1.54, 1.807) is 24.0 Å². The first-order chi connectivity index (χ1) is 13.7. The molecule has 142 valence electrons. The number of imidazole rings is 1. The van der Waals surface area contributed by atoms with Crippen molar-refractivity contribution in [3.63, 3.8) is 0 Å². The molecule has 4 rings (SSSR count). The fraction of sp³-hybridized carbons (Fsp3) is 0.200. The highest BCUT2D eigenvalue weighted by molar-refractivity contribution is 7.98. The summed E-state index contributed by atoms with van der Waals surface area (Å²) in [6.07, 6.45) is 4.52. The van der Waals surface area contributed by atoms with E-state index in [4.69, 9.17) is 0 Å². The SMILES string of the molecule is CSCC[C@@H](NC(=O)c1cc(-c2ccccn2)n[nH]1)c1nc2ccccc2[nH]1. The summed E-state index contributed by atoms with van der Waals surface area (Å²) in [6, 6.07) is 14.9. The van der Waals surface area contributed by atoms with Gasteiger partial charge in [0.15, 0.2) is 0 Å². The van der Waals surface area contributed by atoms with Crippen LogP contribution >= 0.6 is 11.8 Å². The van der Waals surface area contributed by atoms with Gasteiger partial charge in [0.2, 0.25) is 0 Å². The Labute approximate surface area is 166 Å². The van der Waals surface area contributed by atoms with E-state index in [1.807, 2.05) is 48.7 Å². The van der Waals surface area contributed by atoms with E-state index in [-0.39, 0.29) is 11.9 Å². The van der Waals surface area contributed by atoms with Gasteiger partial charge in [0.25, 0.3) is 5.91 Å². The zero-order valence-corrected chi connectivity index (χ0v) is 16.2. The van der Waals surface area contributed by atoms with E-state index >= 15 is 0 Å². The quantitative estimate of drug-likeness (QED) is 0.446. The molecule has 1 amide bonds. The molecular weight excluding hydrogens is 372 g/mol. The maximum atomic E-state index is 12.8. The van der Waals surface area contributed by atoms with Gasteiger partial charge in [-0.25, -0.2) is 4.98 Å². The average molecular weight is 392 g/mol. The molecule has 7 nitrogen and oxygen atoms in total. The Morgan fingerprint density at radius 2 is 2.04 bits per heavy atom. The Kier molecular flexibility index (Phi) is 5.38. The second kappa shape index (κ2) is 8.26. The van der Waals surface area contributed by atoms with Gasteiger partial charge in [0, 0.05) is 6.20 Å². The Morgan fingerprint density at radius 3 is 2.82 bits per heavy atom. The predicted octanol–water partition coefficient (Wildman–Crippen LogP) is 3.57. The van der Waals surface area contributed by atoms with Crippen molar-refractivity contribution < 1.29 is 4.79 Å². The molecule has 0 unspecified atom stereocenters. The van der Waals surface area contributed by atoms with Crippen molar-refractivity contribution in [3.8, 4) is 11.4 Å². The molecule has 3 heterocycles. The number of nitrogens with one attached hydrogen (secondary N) is 3. The molecule has 1 atom stereocenters. The van der Waals surface area contributed by atoms with Crippen LogP contribution in [0.2, 0.25) is 0 Å². The number of thioether (sulfide) groups is 1. The fourth-order valence-electron chi connectivity index (χ4n) is 2.97. The van der Waals surface area contributed by atoms with Crippen LogP contribution in [0.3, 0.4) is 0 Å². The lowest BCUT2D eigenvalue weighted by Gasteiger charge is -2.15. The van der Waals surface area contributed by atoms with Crippen LogP contribution in [0.4, 0.5) is 0 Å².